The van der Waals surface area contributed by atoms with Crippen LogP contribution >= 0.6 is 0 Å². The summed E-state index contributed by atoms with van der Waals surface area (Å²) in [6.07, 6.45) is 3.08. The fourth-order valence-electron chi connectivity index (χ4n) is 3.08. The molecule has 20 heavy (non-hydrogen) atoms. The standard InChI is InChI=1S/C15H24N4O/c1-12(16)13-2-4-17-15(10-13)19-5-3-14(11-19)18-6-8-20-9-7-18/h2,4,10,12,14H,3,5-9,11,16H2,1H3/t12-,14?/m1/s1. The van der Waals surface area contributed by atoms with Crippen molar-refractivity contribution in [1.29, 1.82) is 0 Å². The van der Waals surface area contributed by atoms with Crippen molar-refractivity contribution < 1.29 is 4.74 Å². The summed E-state index contributed by atoms with van der Waals surface area (Å²) in [5.74, 6) is 1.07. The van der Waals surface area contributed by atoms with Crippen molar-refractivity contribution >= 4 is 5.82 Å². The van der Waals surface area contributed by atoms with E-state index in [0.717, 1.165) is 50.8 Å². The van der Waals surface area contributed by atoms with Crippen LogP contribution in [0.1, 0.15) is 24.9 Å². The third-order valence-electron chi connectivity index (χ3n) is 4.34. The zero-order valence-electron chi connectivity index (χ0n) is 12.2. The van der Waals surface area contributed by atoms with Gasteiger partial charge in [-0.15, -0.1) is 0 Å². The number of hydrogen-bond donors (Lipinski definition) is 1. The van der Waals surface area contributed by atoms with E-state index in [2.05, 4.69) is 20.9 Å². The lowest BCUT2D eigenvalue weighted by atomic mass is 10.1. The first-order valence-electron chi connectivity index (χ1n) is 7.52. The van der Waals surface area contributed by atoms with Crippen LogP contribution in [0.3, 0.4) is 0 Å². The van der Waals surface area contributed by atoms with Crippen molar-refractivity contribution in [2.45, 2.75) is 25.4 Å². The van der Waals surface area contributed by atoms with E-state index in [4.69, 9.17) is 10.5 Å². The largest absolute Gasteiger partial charge is 0.379 e. The number of anilines is 1. The number of hydrogen-bond acceptors (Lipinski definition) is 5. The van der Waals surface area contributed by atoms with Crippen LogP contribution in [-0.4, -0.2) is 55.3 Å². The summed E-state index contributed by atoms with van der Waals surface area (Å²) in [7, 11) is 0. The molecule has 1 unspecified atom stereocenters. The quantitative estimate of drug-likeness (QED) is 0.893. The lowest BCUT2D eigenvalue weighted by Gasteiger charge is -2.32. The van der Waals surface area contributed by atoms with E-state index in [1.807, 2.05) is 19.2 Å². The summed E-state index contributed by atoms with van der Waals surface area (Å²) < 4.78 is 5.43. The Morgan fingerprint density at radius 2 is 2.15 bits per heavy atom. The molecular weight excluding hydrogens is 252 g/mol. The van der Waals surface area contributed by atoms with Crippen LogP contribution < -0.4 is 10.6 Å². The Hall–Kier alpha value is -1.17. The molecule has 2 fully saturated rings. The number of morpholine rings is 1. The molecule has 3 heterocycles. The van der Waals surface area contributed by atoms with Gasteiger partial charge < -0.3 is 15.4 Å². The molecule has 0 aromatic carbocycles. The van der Waals surface area contributed by atoms with Gasteiger partial charge in [-0.1, -0.05) is 0 Å². The fourth-order valence-corrected chi connectivity index (χ4v) is 3.08. The highest BCUT2D eigenvalue weighted by Crippen LogP contribution is 2.23. The first kappa shape index (κ1) is 13.8. The summed E-state index contributed by atoms with van der Waals surface area (Å²) in [4.78, 5) is 9.45. The summed E-state index contributed by atoms with van der Waals surface area (Å²) in [6.45, 7) is 8.02. The van der Waals surface area contributed by atoms with Crippen LogP contribution in [0.15, 0.2) is 18.3 Å². The van der Waals surface area contributed by atoms with Gasteiger partial charge in [0.15, 0.2) is 0 Å². The van der Waals surface area contributed by atoms with Crippen LogP contribution in [0.4, 0.5) is 5.82 Å². The Labute approximate surface area is 120 Å². The Bertz CT molecular complexity index is 445. The molecule has 1 aromatic rings. The summed E-state index contributed by atoms with van der Waals surface area (Å²) >= 11 is 0. The van der Waals surface area contributed by atoms with Gasteiger partial charge in [-0.05, 0) is 31.0 Å². The normalized spacial score (nSPS) is 25.9. The van der Waals surface area contributed by atoms with Crippen molar-refractivity contribution in [2.75, 3.05) is 44.3 Å². The fraction of sp³-hybridized carbons (Fsp3) is 0.667. The predicted molar refractivity (Wildman–Crippen MR) is 79.8 cm³/mol. The second-order valence-corrected chi connectivity index (χ2v) is 5.77. The molecule has 1 aromatic heterocycles. The first-order valence-corrected chi connectivity index (χ1v) is 7.52. The molecule has 0 radical (unpaired) electrons. The second kappa shape index (κ2) is 6.08. The van der Waals surface area contributed by atoms with Gasteiger partial charge >= 0.3 is 0 Å². The predicted octanol–water partition coefficient (Wildman–Crippen LogP) is 1.01. The third kappa shape index (κ3) is 2.95. The minimum absolute atomic E-state index is 0.0643. The summed E-state index contributed by atoms with van der Waals surface area (Å²) in [6, 6.07) is 4.84. The van der Waals surface area contributed by atoms with Gasteiger partial charge in [0.1, 0.15) is 5.82 Å². The SMILES string of the molecule is C[C@@H](N)c1ccnc(N2CCC(N3CCOCC3)C2)c1. The van der Waals surface area contributed by atoms with E-state index < -0.39 is 0 Å². The van der Waals surface area contributed by atoms with E-state index in [0.29, 0.717) is 6.04 Å². The van der Waals surface area contributed by atoms with Gasteiger partial charge in [0.2, 0.25) is 0 Å². The zero-order chi connectivity index (χ0) is 13.9. The van der Waals surface area contributed by atoms with E-state index >= 15 is 0 Å². The van der Waals surface area contributed by atoms with E-state index in [1.54, 1.807) is 0 Å². The number of pyridine rings is 1. The van der Waals surface area contributed by atoms with Gasteiger partial charge in [-0.3, -0.25) is 4.90 Å². The van der Waals surface area contributed by atoms with Gasteiger partial charge in [0.05, 0.1) is 13.2 Å². The van der Waals surface area contributed by atoms with Crippen molar-refractivity contribution in [3.63, 3.8) is 0 Å². The maximum absolute atomic E-state index is 5.96. The van der Waals surface area contributed by atoms with Crippen LogP contribution in [0.5, 0.6) is 0 Å². The number of nitrogens with two attached hydrogens (primary N) is 1. The van der Waals surface area contributed by atoms with Crippen LogP contribution in [-0.2, 0) is 4.74 Å². The maximum Gasteiger partial charge on any atom is 0.128 e. The van der Waals surface area contributed by atoms with E-state index in [1.165, 1.54) is 6.42 Å². The van der Waals surface area contributed by atoms with Crippen molar-refractivity contribution in [2.24, 2.45) is 5.73 Å². The molecular formula is C15H24N4O. The molecule has 0 aliphatic carbocycles. The molecule has 110 valence electrons. The molecule has 2 atom stereocenters. The molecule has 0 saturated carbocycles. The molecule has 5 heteroatoms. The Morgan fingerprint density at radius 3 is 2.90 bits per heavy atom. The average molecular weight is 276 g/mol. The zero-order valence-corrected chi connectivity index (χ0v) is 12.2. The molecule has 2 aliphatic heterocycles. The minimum atomic E-state index is 0.0643. The highest BCUT2D eigenvalue weighted by molar-refractivity contribution is 5.43. The van der Waals surface area contributed by atoms with Crippen molar-refractivity contribution in [3.05, 3.63) is 23.9 Å². The topological polar surface area (TPSA) is 54.6 Å². The Balaban J connectivity index is 1.65. The second-order valence-electron chi connectivity index (χ2n) is 5.77. The van der Waals surface area contributed by atoms with Crippen LogP contribution in [0.25, 0.3) is 0 Å². The molecule has 0 bridgehead atoms. The number of ether oxygens (including phenoxy) is 1. The van der Waals surface area contributed by atoms with Crippen molar-refractivity contribution in [1.82, 2.24) is 9.88 Å². The van der Waals surface area contributed by atoms with Gasteiger partial charge in [-0.25, -0.2) is 4.98 Å². The van der Waals surface area contributed by atoms with E-state index in [9.17, 15) is 0 Å². The number of nitrogens with zero attached hydrogens (tertiary/aromatic N) is 3. The van der Waals surface area contributed by atoms with E-state index in [-0.39, 0.29) is 6.04 Å². The molecule has 3 rings (SSSR count). The highest BCUT2D eigenvalue weighted by Gasteiger charge is 2.29. The maximum atomic E-state index is 5.96. The number of aromatic nitrogens is 1. The average Bonchev–Trinajstić information content (AvgIpc) is 2.98. The van der Waals surface area contributed by atoms with Gasteiger partial charge in [-0.2, -0.15) is 0 Å². The van der Waals surface area contributed by atoms with Gasteiger partial charge in [0, 0.05) is 44.5 Å². The molecule has 2 N–H and O–H groups in total. The molecule has 0 spiro atoms. The lowest BCUT2D eigenvalue weighted by molar-refractivity contribution is 0.0209. The van der Waals surface area contributed by atoms with Crippen LogP contribution in [0.2, 0.25) is 0 Å². The number of rotatable bonds is 3. The van der Waals surface area contributed by atoms with Crippen molar-refractivity contribution in [3.8, 4) is 0 Å². The van der Waals surface area contributed by atoms with Gasteiger partial charge in [0.25, 0.3) is 0 Å². The monoisotopic (exact) mass is 276 g/mol. The summed E-state index contributed by atoms with van der Waals surface area (Å²) in [5, 5.41) is 0. The molecule has 2 aliphatic rings. The molecule has 2 saturated heterocycles. The smallest absolute Gasteiger partial charge is 0.128 e. The first-order chi connectivity index (χ1) is 9.74. The molecule has 5 nitrogen and oxygen atoms in total. The Morgan fingerprint density at radius 1 is 1.35 bits per heavy atom. The minimum Gasteiger partial charge on any atom is -0.379 e. The molecule has 0 amide bonds. The third-order valence-corrected chi connectivity index (χ3v) is 4.34. The lowest BCUT2D eigenvalue weighted by Crippen LogP contribution is -2.44. The summed E-state index contributed by atoms with van der Waals surface area (Å²) in [5.41, 5.74) is 7.11. The Kier molecular flexibility index (Phi) is 4.19. The van der Waals surface area contributed by atoms with Crippen LogP contribution in [0, 0.1) is 0 Å². The highest BCUT2D eigenvalue weighted by atomic mass is 16.5.